The molecule has 4 rings (SSSR count). The first-order valence-electron chi connectivity index (χ1n) is 8.92. The lowest BCUT2D eigenvalue weighted by molar-refractivity contribution is -0.274. The molecular weight excluding hydrogens is 367 g/mol. The molecule has 0 saturated carbocycles. The van der Waals surface area contributed by atoms with Gasteiger partial charge in [0.25, 0.3) is 0 Å². The van der Waals surface area contributed by atoms with Crippen LogP contribution in [0.2, 0.25) is 0 Å². The normalized spacial score (nSPS) is 14.5. The van der Waals surface area contributed by atoms with Crippen LogP contribution in [0.1, 0.15) is 17.0 Å². The smallest absolute Gasteiger partial charge is 0.406 e. The van der Waals surface area contributed by atoms with Gasteiger partial charge in [0.1, 0.15) is 11.6 Å². The van der Waals surface area contributed by atoms with Gasteiger partial charge < -0.3 is 4.74 Å². The summed E-state index contributed by atoms with van der Waals surface area (Å²) in [6.45, 7) is 2.42. The molecular formula is C21H18F3N3O. The second-order valence-electron chi connectivity index (χ2n) is 6.68. The maximum atomic E-state index is 12.3. The third kappa shape index (κ3) is 4.48. The molecule has 2 heterocycles. The van der Waals surface area contributed by atoms with Crippen LogP contribution in [-0.4, -0.2) is 27.8 Å². The van der Waals surface area contributed by atoms with E-state index in [9.17, 15) is 13.2 Å². The highest BCUT2D eigenvalue weighted by molar-refractivity contribution is 5.65. The molecule has 0 unspecified atom stereocenters. The number of rotatable bonds is 4. The van der Waals surface area contributed by atoms with Gasteiger partial charge in [-0.05, 0) is 52.9 Å². The number of hydrogen-bond donors (Lipinski definition) is 0. The van der Waals surface area contributed by atoms with Crippen LogP contribution in [0.25, 0.3) is 11.1 Å². The van der Waals surface area contributed by atoms with Crippen molar-refractivity contribution in [1.29, 1.82) is 0 Å². The van der Waals surface area contributed by atoms with Gasteiger partial charge in [-0.2, -0.15) is 0 Å². The van der Waals surface area contributed by atoms with Crippen molar-refractivity contribution in [3.05, 3.63) is 77.9 Å². The third-order valence-corrected chi connectivity index (χ3v) is 4.70. The molecule has 0 atom stereocenters. The minimum absolute atomic E-state index is 0.219. The van der Waals surface area contributed by atoms with Gasteiger partial charge in [0, 0.05) is 25.5 Å². The van der Waals surface area contributed by atoms with Crippen molar-refractivity contribution in [2.24, 2.45) is 0 Å². The van der Waals surface area contributed by atoms with E-state index in [2.05, 4.69) is 31.7 Å². The predicted octanol–water partition coefficient (Wildman–Crippen LogP) is 4.60. The van der Waals surface area contributed by atoms with Crippen molar-refractivity contribution in [3.63, 3.8) is 0 Å². The van der Waals surface area contributed by atoms with Gasteiger partial charge in [0.2, 0.25) is 0 Å². The first-order chi connectivity index (χ1) is 13.5. The van der Waals surface area contributed by atoms with E-state index in [0.29, 0.717) is 6.54 Å². The molecule has 1 aromatic heterocycles. The molecule has 0 fully saturated rings. The Morgan fingerprint density at radius 3 is 2.36 bits per heavy atom. The van der Waals surface area contributed by atoms with Crippen molar-refractivity contribution in [1.82, 2.24) is 14.9 Å². The fraction of sp³-hybridized carbons (Fsp3) is 0.238. The minimum atomic E-state index is -4.68. The SMILES string of the molecule is FC(F)(F)Oc1ccc(-c2ccc3c(c2)CN(Cc2ncccn2)CC3)cc1. The molecule has 0 N–H and O–H groups in total. The van der Waals surface area contributed by atoms with Crippen molar-refractivity contribution >= 4 is 0 Å². The van der Waals surface area contributed by atoms with Crippen LogP contribution >= 0.6 is 0 Å². The van der Waals surface area contributed by atoms with E-state index < -0.39 is 6.36 Å². The standard InChI is InChI=1S/C21H18F3N3O/c22-21(23,24)28-19-6-4-15(5-7-19)17-3-2-16-8-11-27(13-18(16)12-17)14-20-25-9-1-10-26-20/h1-7,9-10,12H,8,11,13-14H2. The van der Waals surface area contributed by atoms with Gasteiger partial charge in [-0.1, -0.05) is 24.3 Å². The van der Waals surface area contributed by atoms with Gasteiger partial charge in [-0.15, -0.1) is 13.2 Å². The Kier molecular flexibility index (Phi) is 5.00. The highest BCUT2D eigenvalue weighted by Crippen LogP contribution is 2.29. The van der Waals surface area contributed by atoms with E-state index in [-0.39, 0.29) is 5.75 Å². The molecule has 0 saturated heterocycles. The Bertz CT molecular complexity index is 943. The summed E-state index contributed by atoms with van der Waals surface area (Å²) in [6, 6.07) is 14.0. The fourth-order valence-electron chi connectivity index (χ4n) is 3.39. The molecule has 3 aromatic rings. The van der Waals surface area contributed by atoms with E-state index in [1.807, 2.05) is 6.07 Å². The lowest BCUT2D eigenvalue weighted by Gasteiger charge is -2.28. The lowest BCUT2D eigenvalue weighted by Crippen LogP contribution is -2.30. The zero-order valence-corrected chi connectivity index (χ0v) is 15.0. The quantitative estimate of drug-likeness (QED) is 0.658. The van der Waals surface area contributed by atoms with Gasteiger partial charge in [0.15, 0.2) is 0 Å². The molecule has 0 bridgehead atoms. The summed E-state index contributed by atoms with van der Waals surface area (Å²) in [5, 5.41) is 0. The molecule has 2 aromatic carbocycles. The number of aromatic nitrogens is 2. The Morgan fingerprint density at radius 2 is 1.64 bits per heavy atom. The zero-order valence-electron chi connectivity index (χ0n) is 15.0. The molecule has 1 aliphatic heterocycles. The number of alkyl halides is 3. The fourth-order valence-corrected chi connectivity index (χ4v) is 3.39. The second kappa shape index (κ2) is 7.59. The third-order valence-electron chi connectivity index (χ3n) is 4.70. The summed E-state index contributed by atoms with van der Waals surface area (Å²) >= 11 is 0. The van der Waals surface area contributed by atoms with E-state index >= 15 is 0 Å². The highest BCUT2D eigenvalue weighted by atomic mass is 19.4. The summed E-state index contributed by atoms with van der Waals surface area (Å²) in [7, 11) is 0. The molecule has 28 heavy (non-hydrogen) atoms. The molecule has 0 aliphatic carbocycles. The largest absolute Gasteiger partial charge is 0.573 e. The van der Waals surface area contributed by atoms with E-state index in [1.165, 1.54) is 23.3 Å². The summed E-state index contributed by atoms with van der Waals surface area (Å²) < 4.78 is 40.9. The maximum absolute atomic E-state index is 12.3. The lowest BCUT2D eigenvalue weighted by atomic mass is 9.94. The van der Waals surface area contributed by atoms with Crippen molar-refractivity contribution in [3.8, 4) is 16.9 Å². The number of ether oxygens (including phenoxy) is 1. The van der Waals surface area contributed by atoms with Crippen molar-refractivity contribution in [2.75, 3.05) is 6.54 Å². The molecule has 0 amide bonds. The Morgan fingerprint density at radius 1 is 0.929 bits per heavy atom. The highest BCUT2D eigenvalue weighted by Gasteiger charge is 2.31. The summed E-state index contributed by atoms with van der Waals surface area (Å²) in [4.78, 5) is 10.9. The monoisotopic (exact) mass is 385 g/mol. The van der Waals surface area contributed by atoms with E-state index in [1.54, 1.807) is 30.6 Å². The zero-order chi connectivity index (χ0) is 19.6. The number of hydrogen-bond acceptors (Lipinski definition) is 4. The predicted molar refractivity (Wildman–Crippen MR) is 98.4 cm³/mol. The molecule has 144 valence electrons. The number of halogens is 3. The average Bonchev–Trinajstić information content (AvgIpc) is 2.68. The molecule has 1 aliphatic rings. The number of benzene rings is 2. The first-order valence-corrected chi connectivity index (χ1v) is 8.92. The number of fused-ring (bicyclic) bond motifs is 1. The average molecular weight is 385 g/mol. The van der Waals surface area contributed by atoms with Crippen LogP contribution in [0.4, 0.5) is 13.2 Å². The molecule has 4 nitrogen and oxygen atoms in total. The van der Waals surface area contributed by atoms with Crippen LogP contribution in [0.5, 0.6) is 5.75 Å². The van der Waals surface area contributed by atoms with Crippen molar-refractivity contribution < 1.29 is 17.9 Å². The molecule has 0 radical (unpaired) electrons. The Labute approximate surface area is 160 Å². The molecule has 0 spiro atoms. The second-order valence-corrected chi connectivity index (χ2v) is 6.68. The van der Waals surface area contributed by atoms with Crippen LogP contribution in [0, 0.1) is 0 Å². The topological polar surface area (TPSA) is 38.2 Å². The Balaban J connectivity index is 1.50. The van der Waals surface area contributed by atoms with Crippen LogP contribution < -0.4 is 4.74 Å². The van der Waals surface area contributed by atoms with Crippen LogP contribution in [0.3, 0.4) is 0 Å². The van der Waals surface area contributed by atoms with Gasteiger partial charge in [0.05, 0.1) is 6.54 Å². The minimum Gasteiger partial charge on any atom is -0.406 e. The van der Waals surface area contributed by atoms with Gasteiger partial charge >= 0.3 is 6.36 Å². The summed E-state index contributed by atoms with van der Waals surface area (Å²) in [5.74, 6) is 0.575. The van der Waals surface area contributed by atoms with E-state index in [4.69, 9.17) is 0 Å². The van der Waals surface area contributed by atoms with Gasteiger partial charge in [-0.25, -0.2) is 9.97 Å². The number of nitrogens with zero attached hydrogens (tertiary/aromatic N) is 3. The summed E-state index contributed by atoms with van der Waals surface area (Å²) in [6.07, 6.45) is -0.255. The first kappa shape index (κ1) is 18.4. The van der Waals surface area contributed by atoms with E-state index in [0.717, 1.165) is 36.5 Å². The van der Waals surface area contributed by atoms with Crippen LogP contribution in [0.15, 0.2) is 60.9 Å². The summed E-state index contributed by atoms with van der Waals surface area (Å²) in [5.41, 5.74) is 4.33. The molecule has 7 heteroatoms. The van der Waals surface area contributed by atoms with Gasteiger partial charge in [-0.3, -0.25) is 4.90 Å². The maximum Gasteiger partial charge on any atom is 0.573 e. The van der Waals surface area contributed by atoms with Crippen molar-refractivity contribution in [2.45, 2.75) is 25.9 Å². The Hall–Kier alpha value is -2.93. The van der Waals surface area contributed by atoms with Crippen LogP contribution in [-0.2, 0) is 19.5 Å².